The van der Waals surface area contributed by atoms with Crippen LogP contribution in [-0.2, 0) is 14.3 Å². The molecule has 18 heavy (non-hydrogen) atoms. The van der Waals surface area contributed by atoms with E-state index < -0.39 is 36.0 Å². The van der Waals surface area contributed by atoms with Gasteiger partial charge in [-0.3, -0.25) is 0 Å². The lowest BCUT2D eigenvalue weighted by Crippen LogP contribution is -2.77. The predicted octanol–water partition coefficient (Wildman–Crippen LogP) is -1.69. The lowest BCUT2D eigenvalue weighted by Gasteiger charge is -2.54. The van der Waals surface area contributed by atoms with Crippen LogP contribution in [0.25, 0.3) is 0 Å². The Bertz CT molecular complexity index is 467. The molecule has 1 spiro atoms. The number of esters is 1. The second-order valence-corrected chi connectivity index (χ2v) is 5.64. The summed E-state index contributed by atoms with van der Waals surface area (Å²) in [5.41, 5.74) is 4.87. The predicted molar refractivity (Wildman–Crippen MR) is 59.3 cm³/mol. The molecule has 7 nitrogen and oxygen atoms in total. The zero-order chi connectivity index (χ0) is 12.7. The molecule has 4 rings (SSSR count). The van der Waals surface area contributed by atoms with Gasteiger partial charge in [-0.05, 0) is 12.3 Å². The van der Waals surface area contributed by atoms with Crippen LogP contribution in [0.15, 0.2) is 4.99 Å². The van der Waals surface area contributed by atoms with E-state index in [0.717, 1.165) is 6.42 Å². The molecule has 3 heterocycles. The van der Waals surface area contributed by atoms with Gasteiger partial charge in [0.2, 0.25) is 0 Å². The second-order valence-electron chi connectivity index (χ2n) is 5.64. The number of aliphatic hydroxyl groups excluding tert-OH is 1. The molecule has 98 valence electrons. The van der Waals surface area contributed by atoms with Crippen LogP contribution in [0.1, 0.15) is 13.3 Å². The summed E-state index contributed by atoms with van der Waals surface area (Å²) in [5.74, 6) is -0.157. The van der Waals surface area contributed by atoms with Crippen LogP contribution in [0.4, 0.5) is 0 Å². The Hall–Kier alpha value is -1.34. The number of hydrogen-bond acceptors (Lipinski definition) is 7. The normalized spacial score (nSPS) is 56.6. The molecule has 7 heteroatoms. The number of guanidine groups is 1. The third-order valence-electron chi connectivity index (χ3n) is 4.73. The highest BCUT2D eigenvalue weighted by Crippen LogP contribution is 2.53. The maximum Gasteiger partial charge on any atom is 0.338 e. The van der Waals surface area contributed by atoms with Crippen molar-refractivity contribution in [1.29, 1.82) is 0 Å². The van der Waals surface area contributed by atoms with E-state index in [0.29, 0.717) is 0 Å². The fourth-order valence-corrected chi connectivity index (χ4v) is 3.95. The number of hydrogen-bond donors (Lipinski definition) is 3. The van der Waals surface area contributed by atoms with Crippen LogP contribution >= 0.6 is 0 Å². The van der Waals surface area contributed by atoms with E-state index in [1.165, 1.54) is 0 Å². The minimum atomic E-state index is -0.858. The molecular weight excluding hydrogens is 238 g/mol. The van der Waals surface area contributed by atoms with Gasteiger partial charge in [-0.15, -0.1) is 0 Å². The Labute approximate surface area is 103 Å². The highest BCUT2D eigenvalue weighted by molar-refractivity contribution is 5.86. The maximum atomic E-state index is 12.0. The molecule has 1 saturated carbocycles. The summed E-state index contributed by atoms with van der Waals surface area (Å²) in [6, 6.07) is 0. The zero-order valence-electron chi connectivity index (χ0n) is 9.87. The summed E-state index contributed by atoms with van der Waals surface area (Å²) >= 11 is 0. The maximum absolute atomic E-state index is 12.0. The quantitative estimate of drug-likeness (QED) is 0.445. The van der Waals surface area contributed by atoms with Gasteiger partial charge in [0.25, 0.3) is 0 Å². The van der Waals surface area contributed by atoms with Gasteiger partial charge in [-0.2, -0.15) is 0 Å². The summed E-state index contributed by atoms with van der Waals surface area (Å²) in [4.78, 5) is 16.2. The van der Waals surface area contributed by atoms with Gasteiger partial charge in [0.15, 0.2) is 18.3 Å². The standard InChI is InChI=1S/C11H15N3O4/c1-3-2-4-8-13-10(12)14-11(4)6(15)5(3)17-9(16)7(11)18-8/h3-8,15H,2H2,1H3,(H3,12,13,14)/t3-,4-,5-,6-,7-,8+,11-/m1/s1. The first-order chi connectivity index (χ1) is 8.54. The van der Waals surface area contributed by atoms with Gasteiger partial charge >= 0.3 is 5.97 Å². The van der Waals surface area contributed by atoms with Gasteiger partial charge in [0, 0.05) is 5.92 Å². The zero-order valence-corrected chi connectivity index (χ0v) is 9.87. The number of fused-ring (bicyclic) bond motifs is 1. The Morgan fingerprint density at radius 2 is 2.39 bits per heavy atom. The van der Waals surface area contributed by atoms with Crippen molar-refractivity contribution in [1.82, 2.24) is 5.32 Å². The van der Waals surface area contributed by atoms with Crippen LogP contribution in [0, 0.1) is 11.8 Å². The van der Waals surface area contributed by atoms with E-state index in [-0.39, 0.29) is 17.8 Å². The molecule has 0 amide bonds. The number of rotatable bonds is 0. The second kappa shape index (κ2) is 2.97. The number of carbonyl (C=O) groups excluding carboxylic acids is 1. The molecule has 4 aliphatic rings. The number of nitrogens with two attached hydrogens (primary N) is 1. The number of nitrogens with one attached hydrogen (secondary N) is 1. The minimum Gasteiger partial charge on any atom is -0.457 e. The molecule has 0 aromatic carbocycles. The number of carbonyl (C=O) groups is 1. The third kappa shape index (κ3) is 0.950. The minimum absolute atomic E-state index is 0.0381. The van der Waals surface area contributed by atoms with Crippen molar-refractivity contribution < 1.29 is 19.4 Å². The SMILES string of the molecule is C[C@@H]1C[C@@H]2[C@H]3N=C(N)N[C@]24[C@H](O3)C(=O)O[C@H]1[C@H]4O. The van der Waals surface area contributed by atoms with Crippen LogP contribution < -0.4 is 11.1 Å². The van der Waals surface area contributed by atoms with Crippen molar-refractivity contribution >= 4 is 11.9 Å². The molecule has 3 bridgehead atoms. The molecule has 4 N–H and O–H groups in total. The number of aliphatic hydroxyl groups is 1. The summed E-state index contributed by atoms with van der Waals surface area (Å²) in [6.45, 7) is 1.97. The monoisotopic (exact) mass is 253 g/mol. The van der Waals surface area contributed by atoms with Crippen LogP contribution in [0.3, 0.4) is 0 Å². The fourth-order valence-electron chi connectivity index (χ4n) is 3.95. The van der Waals surface area contributed by atoms with Crippen molar-refractivity contribution in [3.05, 3.63) is 0 Å². The highest BCUT2D eigenvalue weighted by Gasteiger charge is 2.72. The van der Waals surface area contributed by atoms with Gasteiger partial charge in [-0.1, -0.05) is 6.92 Å². The number of aliphatic imine (C=N–C) groups is 1. The first-order valence-corrected chi connectivity index (χ1v) is 6.19. The van der Waals surface area contributed by atoms with Crippen LogP contribution in [-0.4, -0.2) is 47.1 Å². The summed E-state index contributed by atoms with van der Waals surface area (Å²) in [7, 11) is 0. The highest BCUT2D eigenvalue weighted by atomic mass is 16.6. The molecule has 0 unspecified atom stereocenters. The van der Waals surface area contributed by atoms with Gasteiger partial charge in [0.1, 0.15) is 17.7 Å². The van der Waals surface area contributed by atoms with E-state index >= 15 is 0 Å². The Kier molecular flexibility index (Phi) is 1.74. The third-order valence-corrected chi connectivity index (χ3v) is 4.73. The topological polar surface area (TPSA) is 106 Å². The molecular formula is C11H15N3O4. The smallest absolute Gasteiger partial charge is 0.338 e. The average Bonchev–Trinajstić information content (AvgIpc) is 2.53. The molecule has 3 aliphatic heterocycles. The van der Waals surface area contributed by atoms with Gasteiger partial charge < -0.3 is 25.6 Å². The fraction of sp³-hybridized carbons (Fsp3) is 0.818. The van der Waals surface area contributed by atoms with E-state index in [1.54, 1.807) is 0 Å². The number of ether oxygens (including phenoxy) is 2. The van der Waals surface area contributed by atoms with Crippen molar-refractivity contribution in [2.45, 2.75) is 43.4 Å². The van der Waals surface area contributed by atoms with E-state index in [9.17, 15) is 9.90 Å². The van der Waals surface area contributed by atoms with Gasteiger partial charge in [-0.25, -0.2) is 9.79 Å². The molecule has 1 aliphatic carbocycles. The van der Waals surface area contributed by atoms with Crippen molar-refractivity contribution in [2.24, 2.45) is 22.6 Å². The van der Waals surface area contributed by atoms with Crippen LogP contribution in [0.5, 0.6) is 0 Å². The van der Waals surface area contributed by atoms with E-state index in [1.807, 2.05) is 6.92 Å². The molecule has 0 radical (unpaired) electrons. The van der Waals surface area contributed by atoms with Crippen LogP contribution in [0.2, 0.25) is 0 Å². The summed E-state index contributed by atoms with van der Waals surface area (Å²) < 4.78 is 11.0. The van der Waals surface area contributed by atoms with E-state index in [4.69, 9.17) is 15.2 Å². The first-order valence-electron chi connectivity index (χ1n) is 6.19. The average molecular weight is 253 g/mol. The Morgan fingerprint density at radius 3 is 3.17 bits per heavy atom. The number of nitrogens with zero attached hydrogens (tertiary/aromatic N) is 1. The molecule has 3 fully saturated rings. The van der Waals surface area contributed by atoms with Crippen molar-refractivity contribution in [3.8, 4) is 0 Å². The van der Waals surface area contributed by atoms with Crippen molar-refractivity contribution in [3.63, 3.8) is 0 Å². The Morgan fingerprint density at radius 1 is 1.61 bits per heavy atom. The summed E-state index contributed by atoms with van der Waals surface area (Å²) in [5, 5.41) is 13.6. The van der Waals surface area contributed by atoms with E-state index in [2.05, 4.69) is 10.3 Å². The molecule has 2 saturated heterocycles. The first kappa shape index (κ1) is 10.6. The largest absolute Gasteiger partial charge is 0.457 e. The molecule has 0 aromatic rings. The molecule has 7 atom stereocenters. The lowest BCUT2D eigenvalue weighted by atomic mass is 9.62. The lowest BCUT2D eigenvalue weighted by molar-refractivity contribution is -0.208. The Balaban J connectivity index is 1.90. The van der Waals surface area contributed by atoms with Crippen molar-refractivity contribution in [2.75, 3.05) is 0 Å². The summed E-state index contributed by atoms with van der Waals surface area (Å²) in [6.07, 6.45) is -1.80. The van der Waals surface area contributed by atoms with Gasteiger partial charge in [0.05, 0.1) is 0 Å². The molecule has 0 aromatic heterocycles.